The first-order valence-electron chi connectivity index (χ1n) is 9.79. The molecular formula is C24H22N4O2S. The van der Waals surface area contributed by atoms with Crippen LogP contribution in [0.3, 0.4) is 0 Å². The molecule has 1 heterocycles. The van der Waals surface area contributed by atoms with Crippen molar-refractivity contribution in [2.24, 2.45) is 0 Å². The van der Waals surface area contributed by atoms with E-state index in [9.17, 15) is 4.79 Å². The molecule has 156 valence electrons. The Morgan fingerprint density at radius 1 is 1.10 bits per heavy atom. The summed E-state index contributed by atoms with van der Waals surface area (Å²) in [5, 5.41) is 14.4. The van der Waals surface area contributed by atoms with Gasteiger partial charge in [0.1, 0.15) is 5.75 Å². The van der Waals surface area contributed by atoms with Gasteiger partial charge in [0.25, 0.3) is 0 Å². The lowest BCUT2D eigenvalue weighted by Crippen LogP contribution is -2.15. The molecular weight excluding hydrogens is 408 g/mol. The molecule has 31 heavy (non-hydrogen) atoms. The quantitative estimate of drug-likeness (QED) is 0.314. The highest BCUT2D eigenvalue weighted by atomic mass is 32.2. The first-order valence-corrected chi connectivity index (χ1v) is 10.8. The standard InChI is InChI=1S/C24H22N4O2S/c1-3-15-28-23(19-12-6-7-14-21(19)30-2)26-27-24(28)31-16-22(29)25-20-13-8-10-17-9-4-5-11-18(17)20/h3-14H,1,15-16H2,2H3,(H,25,29). The molecule has 1 amide bonds. The molecule has 1 aromatic heterocycles. The number of carbonyl (C=O) groups is 1. The Morgan fingerprint density at radius 3 is 2.71 bits per heavy atom. The molecule has 7 heteroatoms. The van der Waals surface area contributed by atoms with E-state index in [0.29, 0.717) is 23.3 Å². The second-order valence-electron chi connectivity index (χ2n) is 6.77. The van der Waals surface area contributed by atoms with Crippen LogP contribution in [0.15, 0.2) is 84.5 Å². The summed E-state index contributed by atoms with van der Waals surface area (Å²) in [6, 6.07) is 21.5. The molecule has 0 fully saturated rings. The summed E-state index contributed by atoms with van der Waals surface area (Å²) in [7, 11) is 1.63. The third kappa shape index (κ3) is 4.46. The molecule has 3 aromatic carbocycles. The van der Waals surface area contributed by atoms with Crippen LogP contribution in [0.25, 0.3) is 22.2 Å². The van der Waals surface area contributed by atoms with E-state index < -0.39 is 0 Å². The van der Waals surface area contributed by atoms with Gasteiger partial charge >= 0.3 is 0 Å². The van der Waals surface area contributed by atoms with E-state index in [2.05, 4.69) is 22.1 Å². The number of allylic oxidation sites excluding steroid dienone is 1. The Bertz CT molecular complexity index is 1230. The number of anilines is 1. The Morgan fingerprint density at radius 2 is 1.87 bits per heavy atom. The Hall–Kier alpha value is -3.58. The number of nitrogens with zero attached hydrogens (tertiary/aromatic N) is 3. The zero-order valence-corrected chi connectivity index (χ0v) is 17.9. The maximum Gasteiger partial charge on any atom is 0.234 e. The lowest BCUT2D eigenvalue weighted by atomic mass is 10.1. The monoisotopic (exact) mass is 430 g/mol. The number of fused-ring (bicyclic) bond motifs is 1. The summed E-state index contributed by atoms with van der Waals surface area (Å²) >= 11 is 1.34. The van der Waals surface area contributed by atoms with Crippen molar-refractivity contribution in [1.29, 1.82) is 0 Å². The number of methoxy groups -OCH3 is 1. The summed E-state index contributed by atoms with van der Waals surface area (Å²) in [4.78, 5) is 12.6. The molecule has 0 atom stereocenters. The van der Waals surface area contributed by atoms with Crippen LogP contribution in [0, 0.1) is 0 Å². The average Bonchev–Trinajstić information content (AvgIpc) is 3.20. The number of benzene rings is 3. The van der Waals surface area contributed by atoms with Crippen LogP contribution in [-0.4, -0.2) is 33.5 Å². The van der Waals surface area contributed by atoms with Crippen molar-refractivity contribution in [3.8, 4) is 17.1 Å². The average molecular weight is 431 g/mol. The van der Waals surface area contributed by atoms with Gasteiger partial charge in [-0.1, -0.05) is 66.4 Å². The van der Waals surface area contributed by atoms with Crippen molar-refractivity contribution >= 4 is 34.1 Å². The number of nitrogens with one attached hydrogen (secondary N) is 1. The minimum atomic E-state index is -0.103. The fourth-order valence-electron chi connectivity index (χ4n) is 3.37. The predicted molar refractivity (Wildman–Crippen MR) is 126 cm³/mol. The molecule has 0 unspecified atom stereocenters. The first-order chi connectivity index (χ1) is 15.2. The lowest BCUT2D eigenvalue weighted by Gasteiger charge is -2.11. The van der Waals surface area contributed by atoms with Gasteiger partial charge < -0.3 is 10.1 Å². The highest BCUT2D eigenvalue weighted by Crippen LogP contribution is 2.31. The summed E-state index contributed by atoms with van der Waals surface area (Å²) in [6.07, 6.45) is 1.78. The number of carbonyl (C=O) groups excluding carboxylic acids is 1. The van der Waals surface area contributed by atoms with E-state index in [1.165, 1.54) is 11.8 Å². The summed E-state index contributed by atoms with van der Waals surface area (Å²) < 4.78 is 7.40. The van der Waals surface area contributed by atoms with E-state index in [0.717, 1.165) is 22.0 Å². The predicted octanol–water partition coefficient (Wildman–Crippen LogP) is 5.02. The Kier molecular flexibility index (Phi) is 6.33. The lowest BCUT2D eigenvalue weighted by molar-refractivity contribution is -0.113. The number of para-hydroxylation sites is 1. The van der Waals surface area contributed by atoms with Gasteiger partial charge in [0, 0.05) is 17.6 Å². The third-order valence-electron chi connectivity index (χ3n) is 4.77. The van der Waals surface area contributed by atoms with Crippen molar-refractivity contribution < 1.29 is 9.53 Å². The number of amides is 1. The van der Waals surface area contributed by atoms with Gasteiger partial charge in [-0.05, 0) is 23.6 Å². The second-order valence-corrected chi connectivity index (χ2v) is 7.71. The first kappa shape index (κ1) is 20.7. The molecule has 0 aliphatic carbocycles. The van der Waals surface area contributed by atoms with E-state index in [1.807, 2.05) is 71.3 Å². The van der Waals surface area contributed by atoms with Crippen LogP contribution in [0.1, 0.15) is 0 Å². The van der Waals surface area contributed by atoms with Gasteiger partial charge in [-0.25, -0.2) is 0 Å². The maximum absolute atomic E-state index is 12.6. The van der Waals surface area contributed by atoms with Crippen LogP contribution in [0.2, 0.25) is 0 Å². The number of ether oxygens (including phenoxy) is 1. The third-order valence-corrected chi connectivity index (χ3v) is 5.74. The van der Waals surface area contributed by atoms with Crippen LogP contribution in [-0.2, 0) is 11.3 Å². The molecule has 0 spiro atoms. The maximum atomic E-state index is 12.6. The smallest absolute Gasteiger partial charge is 0.234 e. The second kappa shape index (κ2) is 9.49. The van der Waals surface area contributed by atoms with Crippen molar-refractivity contribution in [2.45, 2.75) is 11.7 Å². The largest absolute Gasteiger partial charge is 0.496 e. The molecule has 0 aliphatic rings. The fraction of sp³-hybridized carbons (Fsp3) is 0.125. The van der Waals surface area contributed by atoms with Crippen LogP contribution in [0.5, 0.6) is 5.75 Å². The summed E-state index contributed by atoms with van der Waals surface area (Å²) in [5.74, 6) is 1.50. The summed E-state index contributed by atoms with van der Waals surface area (Å²) in [5.41, 5.74) is 1.64. The Labute approximate surface area is 185 Å². The Balaban J connectivity index is 1.52. The number of hydrogen-bond acceptors (Lipinski definition) is 5. The van der Waals surface area contributed by atoms with Crippen molar-refractivity contribution in [1.82, 2.24) is 14.8 Å². The number of rotatable bonds is 8. The number of thioether (sulfide) groups is 1. The minimum Gasteiger partial charge on any atom is -0.496 e. The molecule has 1 N–H and O–H groups in total. The number of hydrogen-bond donors (Lipinski definition) is 1. The van der Waals surface area contributed by atoms with E-state index in [4.69, 9.17) is 4.74 Å². The molecule has 0 aliphatic heterocycles. The molecule has 4 aromatic rings. The highest BCUT2D eigenvalue weighted by molar-refractivity contribution is 7.99. The van der Waals surface area contributed by atoms with Gasteiger partial charge in [0.15, 0.2) is 11.0 Å². The topological polar surface area (TPSA) is 69.0 Å². The SMILES string of the molecule is C=CCn1c(SCC(=O)Nc2cccc3ccccc23)nnc1-c1ccccc1OC. The zero-order chi connectivity index (χ0) is 21.6. The van der Waals surface area contributed by atoms with Gasteiger partial charge in [-0.2, -0.15) is 0 Å². The van der Waals surface area contributed by atoms with E-state index in [-0.39, 0.29) is 11.7 Å². The van der Waals surface area contributed by atoms with Crippen molar-refractivity contribution in [3.05, 3.63) is 79.4 Å². The molecule has 6 nitrogen and oxygen atoms in total. The fourth-order valence-corrected chi connectivity index (χ4v) is 4.12. The van der Waals surface area contributed by atoms with Crippen LogP contribution < -0.4 is 10.1 Å². The van der Waals surface area contributed by atoms with Crippen molar-refractivity contribution in [2.75, 3.05) is 18.2 Å². The van der Waals surface area contributed by atoms with Crippen LogP contribution in [0.4, 0.5) is 5.69 Å². The minimum absolute atomic E-state index is 0.103. The molecule has 0 bridgehead atoms. The zero-order valence-electron chi connectivity index (χ0n) is 17.1. The molecule has 4 rings (SSSR count). The summed E-state index contributed by atoms with van der Waals surface area (Å²) in [6.45, 7) is 4.36. The number of aromatic nitrogens is 3. The van der Waals surface area contributed by atoms with Gasteiger partial charge in [-0.15, -0.1) is 16.8 Å². The highest BCUT2D eigenvalue weighted by Gasteiger charge is 2.17. The van der Waals surface area contributed by atoms with Crippen molar-refractivity contribution in [3.63, 3.8) is 0 Å². The van der Waals surface area contributed by atoms with Gasteiger partial charge in [0.05, 0.1) is 18.4 Å². The van der Waals surface area contributed by atoms with Crippen LogP contribution >= 0.6 is 11.8 Å². The molecule has 0 saturated carbocycles. The molecule has 0 saturated heterocycles. The van der Waals surface area contributed by atoms with Gasteiger partial charge in [0.2, 0.25) is 5.91 Å². The van der Waals surface area contributed by atoms with E-state index in [1.54, 1.807) is 13.2 Å². The van der Waals surface area contributed by atoms with Gasteiger partial charge in [-0.3, -0.25) is 9.36 Å². The van der Waals surface area contributed by atoms with E-state index >= 15 is 0 Å². The normalized spacial score (nSPS) is 10.7. The molecule has 0 radical (unpaired) electrons.